The van der Waals surface area contributed by atoms with Crippen molar-refractivity contribution in [3.05, 3.63) is 10.4 Å². The van der Waals surface area contributed by atoms with Crippen molar-refractivity contribution in [3.63, 3.8) is 0 Å². The summed E-state index contributed by atoms with van der Waals surface area (Å²) in [6.45, 7) is 3.39. The summed E-state index contributed by atoms with van der Waals surface area (Å²) in [6, 6.07) is 0. The van der Waals surface area contributed by atoms with E-state index in [-0.39, 0.29) is 19.8 Å². The molecule has 0 saturated carbocycles. The molecule has 0 unspecified atom stereocenters. The average molecular weight is 377 g/mol. The molecule has 2 rings (SSSR count). The summed E-state index contributed by atoms with van der Waals surface area (Å²) in [6.07, 6.45) is -4.19. The lowest BCUT2D eigenvalue weighted by Gasteiger charge is -2.56. The van der Waals surface area contributed by atoms with E-state index in [0.29, 0.717) is 6.42 Å². The summed E-state index contributed by atoms with van der Waals surface area (Å²) >= 11 is 0. The second kappa shape index (κ2) is 8.79. The quantitative estimate of drug-likeness (QED) is 0.266. The molecule has 0 aliphatic carbocycles. The molecule has 0 aromatic carbocycles. The first kappa shape index (κ1) is 21.3. The zero-order chi connectivity index (χ0) is 19.4. The number of hydrogen-bond donors (Lipinski definition) is 2. The Hall–Kier alpha value is -1.01. The minimum atomic E-state index is -1.30. The van der Waals surface area contributed by atoms with Gasteiger partial charge in [0.1, 0.15) is 24.4 Å². The third-order valence-corrected chi connectivity index (χ3v) is 4.87. The average Bonchev–Trinajstić information content (AvgIpc) is 2.65. The molecule has 0 spiro atoms. The Morgan fingerprint density at radius 2 is 1.77 bits per heavy atom. The third-order valence-electron chi connectivity index (χ3n) is 4.87. The summed E-state index contributed by atoms with van der Waals surface area (Å²) in [7, 11) is 2.89. The molecule has 11 heteroatoms. The van der Waals surface area contributed by atoms with E-state index in [1.54, 1.807) is 13.8 Å². The van der Waals surface area contributed by atoms with E-state index in [0.717, 1.165) is 0 Å². The Kier molecular flexibility index (Phi) is 7.19. The Balaban J connectivity index is 2.12. The number of fused-ring (bicyclic) bond motifs is 1. The molecule has 2 aliphatic rings. The van der Waals surface area contributed by atoms with Crippen molar-refractivity contribution in [3.8, 4) is 0 Å². The number of hydrogen-bond acceptors (Lipinski definition) is 9. The molecule has 0 aromatic heterocycles. The molecular weight excluding hydrogens is 350 g/mol. The van der Waals surface area contributed by atoms with Crippen molar-refractivity contribution in [1.82, 2.24) is 0 Å². The van der Waals surface area contributed by atoms with Gasteiger partial charge in [0.15, 0.2) is 6.29 Å². The molecule has 0 aromatic rings. The van der Waals surface area contributed by atoms with Crippen molar-refractivity contribution >= 4 is 0 Å². The first-order valence-electron chi connectivity index (χ1n) is 8.38. The Bertz CT molecular complexity index is 519. The van der Waals surface area contributed by atoms with Crippen molar-refractivity contribution in [2.24, 2.45) is 5.11 Å². The second-order valence-electron chi connectivity index (χ2n) is 6.36. The molecule has 150 valence electrons. The van der Waals surface area contributed by atoms with Crippen LogP contribution in [0.5, 0.6) is 0 Å². The predicted octanol–water partition coefficient (Wildman–Crippen LogP) is 0.291. The van der Waals surface area contributed by atoms with Crippen LogP contribution in [0.3, 0.4) is 0 Å². The van der Waals surface area contributed by atoms with Gasteiger partial charge in [0.2, 0.25) is 11.6 Å². The van der Waals surface area contributed by atoms with Gasteiger partial charge in [-0.15, -0.1) is 0 Å². The molecule has 0 bridgehead atoms. The summed E-state index contributed by atoms with van der Waals surface area (Å²) in [5.74, 6) is -2.57. The second-order valence-corrected chi connectivity index (χ2v) is 6.36. The van der Waals surface area contributed by atoms with Gasteiger partial charge in [0.05, 0.1) is 6.61 Å². The topological polar surface area (TPSA) is 145 Å². The Morgan fingerprint density at radius 1 is 1.15 bits per heavy atom. The lowest BCUT2D eigenvalue weighted by atomic mass is 9.94. The van der Waals surface area contributed by atoms with E-state index >= 15 is 0 Å². The van der Waals surface area contributed by atoms with Crippen molar-refractivity contribution in [2.45, 2.75) is 62.5 Å². The van der Waals surface area contributed by atoms with E-state index in [2.05, 4.69) is 10.0 Å². The molecule has 2 fully saturated rings. The SMILES string of the molecule is CO[C@@]1(C)O[C@@H]2[C@H](O)[C@@H](OCCCN=[N+]=[N-])O[C@H](CO)[C@H]2O[C@]1(C)OC. The molecule has 0 amide bonds. The van der Waals surface area contributed by atoms with Gasteiger partial charge in [0.25, 0.3) is 0 Å². The smallest absolute Gasteiger partial charge is 0.220 e. The van der Waals surface area contributed by atoms with Crippen LogP contribution in [0.15, 0.2) is 5.11 Å². The van der Waals surface area contributed by atoms with Crippen LogP contribution in [0.2, 0.25) is 0 Å². The highest BCUT2D eigenvalue weighted by molar-refractivity contribution is 4.99. The molecule has 2 heterocycles. The van der Waals surface area contributed by atoms with Gasteiger partial charge in [-0.05, 0) is 25.8 Å². The standard InChI is InChI=1S/C15H27N3O8/c1-14(21-3)15(2,22-4)26-12-10(20)13(23-7-5-6-17-18-16)24-9(8-19)11(12)25-14/h9-13,19-20H,5-8H2,1-4H3/t9-,10+,11-,12-,13+,14+,15+/m1/s1. The normalized spacial score (nSPS) is 42.8. The lowest BCUT2D eigenvalue weighted by molar-refractivity contribution is -0.479. The molecule has 2 N–H and O–H groups in total. The molecule has 7 atom stereocenters. The van der Waals surface area contributed by atoms with Gasteiger partial charge >= 0.3 is 0 Å². The van der Waals surface area contributed by atoms with Crippen LogP contribution in [-0.2, 0) is 28.4 Å². The van der Waals surface area contributed by atoms with E-state index in [9.17, 15) is 10.2 Å². The van der Waals surface area contributed by atoms with E-state index in [4.69, 9.17) is 34.0 Å². The fraction of sp³-hybridized carbons (Fsp3) is 1.00. The number of rotatable bonds is 8. The largest absolute Gasteiger partial charge is 0.394 e. The summed E-state index contributed by atoms with van der Waals surface area (Å²) in [5, 5.41) is 23.7. The molecule has 26 heavy (non-hydrogen) atoms. The van der Waals surface area contributed by atoms with Gasteiger partial charge in [-0.2, -0.15) is 0 Å². The van der Waals surface area contributed by atoms with Crippen molar-refractivity contribution < 1.29 is 38.6 Å². The fourth-order valence-corrected chi connectivity index (χ4v) is 3.04. The van der Waals surface area contributed by atoms with Gasteiger partial charge in [-0.25, -0.2) is 0 Å². The molecular formula is C15H27N3O8. The summed E-state index contributed by atoms with van der Waals surface area (Å²) < 4.78 is 34.0. The van der Waals surface area contributed by atoms with Gasteiger partial charge < -0.3 is 38.6 Å². The predicted molar refractivity (Wildman–Crippen MR) is 86.9 cm³/mol. The maximum Gasteiger partial charge on any atom is 0.220 e. The number of aliphatic hydroxyl groups is 2. The number of azide groups is 1. The summed E-state index contributed by atoms with van der Waals surface area (Å²) in [4.78, 5) is 2.65. The summed E-state index contributed by atoms with van der Waals surface area (Å²) in [5.41, 5.74) is 8.26. The van der Waals surface area contributed by atoms with Crippen LogP contribution in [0.1, 0.15) is 20.3 Å². The molecule has 11 nitrogen and oxygen atoms in total. The third kappa shape index (κ3) is 3.96. The zero-order valence-corrected chi connectivity index (χ0v) is 15.4. The van der Waals surface area contributed by atoms with Crippen LogP contribution in [0, 0.1) is 0 Å². The van der Waals surface area contributed by atoms with Crippen LogP contribution < -0.4 is 0 Å². The lowest BCUT2D eigenvalue weighted by Crippen LogP contribution is -2.73. The monoisotopic (exact) mass is 377 g/mol. The molecule has 2 aliphatic heterocycles. The van der Waals surface area contributed by atoms with E-state index < -0.39 is 42.3 Å². The molecule has 2 saturated heterocycles. The van der Waals surface area contributed by atoms with Crippen LogP contribution in [0.25, 0.3) is 10.4 Å². The Morgan fingerprint density at radius 3 is 2.31 bits per heavy atom. The van der Waals surface area contributed by atoms with Crippen LogP contribution >= 0.6 is 0 Å². The number of aliphatic hydroxyl groups excluding tert-OH is 2. The Labute approximate surface area is 151 Å². The molecule has 0 radical (unpaired) electrons. The van der Waals surface area contributed by atoms with Gasteiger partial charge in [0, 0.05) is 32.3 Å². The minimum Gasteiger partial charge on any atom is -0.394 e. The number of methoxy groups -OCH3 is 2. The fourth-order valence-electron chi connectivity index (χ4n) is 3.04. The van der Waals surface area contributed by atoms with Crippen molar-refractivity contribution in [2.75, 3.05) is 34.0 Å². The highest BCUT2D eigenvalue weighted by Crippen LogP contribution is 2.43. The highest BCUT2D eigenvalue weighted by atomic mass is 16.8. The van der Waals surface area contributed by atoms with Crippen LogP contribution in [-0.4, -0.2) is 86.5 Å². The van der Waals surface area contributed by atoms with Crippen molar-refractivity contribution in [1.29, 1.82) is 0 Å². The first-order chi connectivity index (χ1) is 12.4. The maximum absolute atomic E-state index is 10.6. The maximum atomic E-state index is 10.6. The highest BCUT2D eigenvalue weighted by Gasteiger charge is 2.62. The zero-order valence-electron chi connectivity index (χ0n) is 15.4. The van der Waals surface area contributed by atoms with E-state index in [1.807, 2.05) is 0 Å². The van der Waals surface area contributed by atoms with Gasteiger partial charge in [-0.1, -0.05) is 5.11 Å². The first-order valence-corrected chi connectivity index (χ1v) is 8.38. The number of ether oxygens (including phenoxy) is 6. The number of nitrogens with zero attached hydrogens (tertiary/aromatic N) is 3. The van der Waals surface area contributed by atoms with Gasteiger partial charge in [-0.3, -0.25) is 0 Å². The van der Waals surface area contributed by atoms with Crippen LogP contribution in [0.4, 0.5) is 0 Å². The minimum absolute atomic E-state index is 0.203. The van der Waals surface area contributed by atoms with E-state index in [1.165, 1.54) is 14.2 Å².